The lowest BCUT2D eigenvalue weighted by Gasteiger charge is -2.41. The first-order chi connectivity index (χ1) is 12.9. The summed E-state index contributed by atoms with van der Waals surface area (Å²) in [7, 11) is 0. The lowest BCUT2D eigenvalue weighted by molar-refractivity contribution is -0.147. The highest BCUT2D eigenvalue weighted by Crippen LogP contribution is 2.40. The summed E-state index contributed by atoms with van der Waals surface area (Å²) in [6, 6.07) is 5.74. The van der Waals surface area contributed by atoms with Gasteiger partial charge in [-0.2, -0.15) is 0 Å². The molecule has 1 amide bonds. The molecule has 0 bridgehead atoms. The van der Waals surface area contributed by atoms with E-state index in [1.54, 1.807) is 10.5 Å². The van der Waals surface area contributed by atoms with Crippen LogP contribution < -0.4 is 5.56 Å². The molecule has 2 saturated heterocycles. The third-order valence-electron chi connectivity index (χ3n) is 6.07. The van der Waals surface area contributed by atoms with E-state index in [1.165, 1.54) is 0 Å². The van der Waals surface area contributed by atoms with Gasteiger partial charge in [-0.3, -0.25) is 18.9 Å². The zero-order valence-electron chi connectivity index (χ0n) is 16.4. The number of likely N-dealkylation sites (tertiary alicyclic amines) is 2. The molecular weight excluding hydrogens is 340 g/mol. The van der Waals surface area contributed by atoms with Crippen molar-refractivity contribution in [1.82, 2.24) is 19.2 Å². The van der Waals surface area contributed by atoms with Crippen LogP contribution >= 0.6 is 0 Å². The largest absolute Gasteiger partial charge is 0.340 e. The van der Waals surface area contributed by atoms with Crippen molar-refractivity contribution in [3.63, 3.8) is 0 Å². The molecule has 6 heteroatoms. The smallest absolute Gasteiger partial charge is 0.258 e. The molecule has 2 aliphatic rings. The summed E-state index contributed by atoms with van der Waals surface area (Å²) in [6.07, 6.45) is 4.77. The van der Waals surface area contributed by atoms with Crippen LogP contribution in [0.5, 0.6) is 0 Å². The minimum Gasteiger partial charge on any atom is -0.340 e. The summed E-state index contributed by atoms with van der Waals surface area (Å²) in [6.45, 7) is 9.30. The predicted octanol–water partition coefficient (Wildman–Crippen LogP) is 2.23. The summed E-state index contributed by atoms with van der Waals surface area (Å²) < 4.78 is 1.59. The summed E-state index contributed by atoms with van der Waals surface area (Å²) in [5.41, 5.74) is 2.20. The van der Waals surface area contributed by atoms with Crippen molar-refractivity contribution in [3.05, 3.63) is 46.0 Å². The minimum absolute atomic E-state index is 0.0488. The van der Waals surface area contributed by atoms with E-state index < -0.39 is 0 Å². The molecule has 4 heterocycles. The zero-order chi connectivity index (χ0) is 19.2. The average molecular weight is 368 g/mol. The van der Waals surface area contributed by atoms with Crippen LogP contribution in [0.3, 0.4) is 0 Å². The normalized spacial score (nSPS) is 23.9. The first kappa shape index (κ1) is 18.2. The Morgan fingerprint density at radius 2 is 2.00 bits per heavy atom. The summed E-state index contributed by atoms with van der Waals surface area (Å²) in [5.74, 6) is 0.313. The number of rotatable bonds is 3. The molecule has 2 fully saturated rings. The molecule has 0 unspecified atom stereocenters. The monoisotopic (exact) mass is 368 g/mol. The molecule has 4 rings (SSSR count). The Balaban J connectivity index is 1.53. The van der Waals surface area contributed by atoms with Gasteiger partial charge in [-0.25, -0.2) is 4.98 Å². The molecule has 144 valence electrons. The molecule has 0 saturated carbocycles. The number of pyridine rings is 1. The van der Waals surface area contributed by atoms with Crippen LogP contribution in [-0.2, 0) is 11.3 Å². The lowest BCUT2D eigenvalue weighted by atomic mass is 9.78. The van der Waals surface area contributed by atoms with Crippen LogP contribution in [0.25, 0.3) is 5.65 Å². The van der Waals surface area contributed by atoms with Crippen molar-refractivity contribution in [2.24, 2.45) is 5.41 Å². The van der Waals surface area contributed by atoms with Crippen molar-refractivity contribution in [1.29, 1.82) is 0 Å². The second-order valence-corrected chi connectivity index (χ2v) is 8.46. The van der Waals surface area contributed by atoms with E-state index in [2.05, 4.69) is 23.7 Å². The van der Waals surface area contributed by atoms with Crippen molar-refractivity contribution in [2.45, 2.75) is 52.6 Å². The molecule has 0 aliphatic carbocycles. The number of aryl methyl sites for hydroxylation is 1. The molecule has 2 aliphatic heterocycles. The van der Waals surface area contributed by atoms with Crippen LogP contribution in [0.15, 0.2) is 29.2 Å². The van der Waals surface area contributed by atoms with Gasteiger partial charge < -0.3 is 4.90 Å². The second-order valence-electron chi connectivity index (χ2n) is 8.46. The van der Waals surface area contributed by atoms with Gasteiger partial charge in [-0.15, -0.1) is 0 Å². The van der Waals surface area contributed by atoms with Crippen LogP contribution in [0.4, 0.5) is 0 Å². The summed E-state index contributed by atoms with van der Waals surface area (Å²) in [4.78, 5) is 34.5. The summed E-state index contributed by atoms with van der Waals surface area (Å²) in [5, 5.41) is 0. The Labute approximate surface area is 159 Å². The van der Waals surface area contributed by atoms with Crippen molar-refractivity contribution in [2.75, 3.05) is 19.6 Å². The van der Waals surface area contributed by atoms with Gasteiger partial charge in [-0.1, -0.05) is 6.07 Å². The lowest BCUT2D eigenvalue weighted by Crippen LogP contribution is -2.52. The van der Waals surface area contributed by atoms with Crippen LogP contribution in [-0.4, -0.2) is 50.8 Å². The Bertz CT molecular complexity index is 935. The molecule has 0 aromatic carbocycles. The van der Waals surface area contributed by atoms with Crippen molar-refractivity contribution < 1.29 is 4.79 Å². The maximum Gasteiger partial charge on any atom is 0.258 e. The molecule has 2 aromatic heterocycles. The van der Waals surface area contributed by atoms with Crippen LogP contribution in [0, 0.1) is 12.3 Å². The Kier molecular flexibility index (Phi) is 4.54. The van der Waals surface area contributed by atoms with Gasteiger partial charge >= 0.3 is 0 Å². The predicted molar refractivity (Wildman–Crippen MR) is 105 cm³/mol. The van der Waals surface area contributed by atoms with E-state index in [9.17, 15) is 9.59 Å². The van der Waals surface area contributed by atoms with E-state index in [0.717, 1.165) is 50.2 Å². The van der Waals surface area contributed by atoms with Gasteiger partial charge in [0, 0.05) is 37.9 Å². The highest BCUT2D eigenvalue weighted by atomic mass is 16.2. The number of nitrogens with zero attached hydrogens (tertiary/aromatic N) is 4. The second kappa shape index (κ2) is 6.75. The van der Waals surface area contributed by atoms with Gasteiger partial charge in [0.1, 0.15) is 5.65 Å². The molecule has 1 atom stereocenters. The molecule has 27 heavy (non-hydrogen) atoms. The number of amides is 1. The van der Waals surface area contributed by atoms with Crippen molar-refractivity contribution in [3.8, 4) is 0 Å². The zero-order valence-corrected chi connectivity index (χ0v) is 16.4. The van der Waals surface area contributed by atoms with Gasteiger partial charge in [0.25, 0.3) is 5.56 Å². The number of piperidine rings is 1. The van der Waals surface area contributed by atoms with E-state index >= 15 is 0 Å². The molecule has 0 N–H and O–H groups in total. The number of carbonyl (C=O) groups excluding carboxylic acids is 1. The standard InChI is InChI=1S/C21H28N4O2/c1-15(2)24-9-4-7-21(20(24)27)8-10-23(14-21)13-17-11-19(26)25-12-16(3)5-6-18(25)22-17/h5-6,11-12,15H,4,7-10,13-14H2,1-3H3/t21-/m1/s1. The Hall–Kier alpha value is -2.21. The highest BCUT2D eigenvalue weighted by molar-refractivity contribution is 5.84. The molecule has 1 spiro atoms. The third kappa shape index (κ3) is 3.27. The van der Waals surface area contributed by atoms with Gasteiger partial charge in [0.2, 0.25) is 5.91 Å². The SMILES string of the molecule is Cc1ccc2nc(CN3CC[C@]4(CCCN(C(C)C)C4=O)C3)cc(=O)n2c1. The third-order valence-corrected chi connectivity index (χ3v) is 6.07. The highest BCUT2D eigenvalue weighted by Gasteiger charge is 2.48. The maximum absolute atomic E-state index is 13.1. The van der Waals surface area contributed by atoms with E-state index in [4.69, 9.17) is 0 Å². The number of hydrogen-bond donors (Lipinski definition) is 0. The number of carbonyl (C=O) groups is 1. The van der Waals surface area contributed by atoms with E-state index in [-0.39, 0.29) is 17.0 Å². The fraction of sp³-hybridized carbons (Fsp3) is 0.571. The Morgan fingerprint density at radius 1 is 1.19 bits per heavy atom. The van der Waals surface area contributed by atoms with Gasteiger partial charge in [0.05, 0.1) is 11.1 Å². The average Bonchev–Trinajstić information content (AvgIpc) is 3.01. The fourth-order valence-corrected chi connectivity index (χ4v) is 4.63. The number of hydrogen-bond acceptors (Lipinski definition) is 4. The van der Waals surface area contributed by atoms with E-state index in [1.807, 2.05) is 30.2 Å². The molecule has 6 nitrogen and oxygen atoms in total. The molecule has 2 aromatic rings. The van der Waals surface area contributed by atoms with Gasteiger partial charge in [0.15, 0.2) is 0 Å². The van der Waals surface area contributed by atoms with Crippen LogP contribution in [0.1, 0.15) is 44.4 Å². The number of fused-ring (bicyclic) bond motifs is 1. The Morgan fingerprint density at radius 3 is 2.78 bits per heavy atom. The molecule has 0 radical (unpaired) electrons. The van der Waals surface area contributed by atoms with Gasteiger partial charge in [-0.05, 0) is 58.2 Å². The van der Waals surface area contributed by atoms with E-state index in [0.29, 0.717) is 18.1 Å². The topological polar surface area (TPSA) is 57.9 Å². The first-order valence-electron chi connectivity index (χ1n) is 9.90. The fourth-order valence-electron chi connectivity index (χ4n) is 4.63. The number of aromatic nitrogens is 2. The minimum atomic E-state index is -0.245. The molecular formula is C21H28N4O2. The maximum atomic E-state index is 13.1. The summed E-state index contributed by atoms with van der Waals surface area (Å²) >= 11 is 0. The van der Waals surface area contributed by atoms with Crippen LogP contribution in [0.2, 0.25) is 0 Å². The van der Waals surface area contributed by atoms with Crippen molar-refractivity contribution >= 4 is 11.6 Å². The quantitative estimate of drug-likeness (QED) is 0.834. The first-order valence-corrected chi connectivity index (χ1v) is 9.90.